The van der Waals surface area contributed by atoms with Crippen molar-refractivity contribution in [2.24, 2.45) is 0 Å². The predicted molar refractivity (Wildman–Crippen MR) is 71.1 cm³/mol. The number of ketones is 1. The van der Waals surface area contributed by atoms with E-state index in [2.05, 4.69) is 0 Å². The maximum absolute atomic E-state index is 11.9. The topological polar surface area (TPSA) is 37.3 Å². The molecule has 0 spiro atoms. The molecule has 0 unspecified atom stereocenters. The van der Waals surface area contributed by atoms with Gasteiger partial charge in [0.25, 0.3) is 0 Å². The van der Waals surface area contributed by atoms with Gasteiger partial charge in [0.05, 0.1) is 0 Å². The fourth-order valence-corrected chi connectivity index (χ4v) is 1.82. The molecular weight excluding hydrogens is 236 g/mol. The number of alkyl halides is 1. The van der Waals surface area contributed by atoms with Gasteiger partial charge in [-0.25, -0.2) is 0 Å². The summed E-state index contributed by atoms with van der Waals surface area (Å²) in [5.74, 6) is 0.818. The van der Waals surface area contributed by atoms with Gasteiger partial charge in [0.15, 0.2) is 5.78 Å². The Bertz CT molecular complexity index is 405. The van der Waals surface area contributed by atoms with Crippen molar-refractivity contribution in [1.29, 1.82) is 0 Å². The summed E-state index contributed by atoms with van der Waals surface area (Å²) in [6.45, 7) is 6.03. The number of carbonyl (C=O) groups is 1. The predicted octanol–water partition coefficient (Wildman–Crippen LogP) is 3.89. The molecule has 0 aliphatic rings. The minimum atomic E-state index is -0.174. The average Bonchev–Trinajstić information content (AvgIpc) is 2.25. The first-order chi connectivity index (χ1) is 7.86. The summed E-state index contributed by atoms with van der Waals surface area (Å²) in [7, 11) is 0. The third kappa shape index (κ3) is 3.74. The Morgan fingerprint density at radius 2 is 2.00 bits per heavy atom. The molecule has 0 aliphatic carbocycles. The lowest BCUT2D eigenvalue weighted by Gasteiger charge is -2.21. The van der Waals surface area contributed by atoms with Crippen LogP contribution in [0.2, 0.25) is 0 Å². The first-order valence-electron chi connectivity index (χ1n) is 5.79. The van der Waals surface area contributed by atoms with E-state index in [0.717, 1.165) is 5.56 Å². The molecule has 1 aromatic carbocycles. The van der Waals surface area contributed by atoms with Gasteiger partial charge in [-0.3, -0.25) is 4.79 Å². The number of aromatic hydroxyl groups is 1. The summed E-state index contributed by atoms with van der Waals surface area (Å²) in [4.78, 5) is 11.9. The fourth-order valence-electron chi connectivity index (χ4n) is 1.68. The van der Waals surface area contributed by atoms with Crippen LogP contribution in [0.5, 0.6) is 5.75 Å². The maximum Gasteiger partial charge on any atom is 0.162 e. The van der Waals surface area contributed by atoms with E-state index in [9.17, 15) is 9.90 Å². The largest absolute Gasteiger partial charge is 0.508 e. The van der Waals surface area contributed by atoms with Gasteiger partial charge in [0, 0.05) is 17.9 Å². The number of hydrogen-bond acceptors (Lipinski definition) is 2. The number of Topliss-reactive ketones (excluding diaryl/α,β-unsaturated/α-hetero) is 1. The zero-order valence-corrected chi connectivity index (χ0v) is 11.3. The third-order valence-electron chi connectivity index (χ3n) is 2.66. The van der Waals surface area contributed by atoms with E-state index in [-0.39, 0.29) is 16.9 Å². The lowest BCUT2D eigenvalue weighted by molar-refractivity contribution is 0.0982. The summed E-state index contributed by atoms with van der Waals surface area (Å²) in [6, 6.07) is 5.04. The van der Waals surface area contributed by atoms with Crippen molar-refractivity contribution < 1.29 is 9.90 Å². The summed E-state index contributed by atoms with van der Waals surface area (Å²) < 4.78 is 0. The van der Waals surface area contributed by atoms with Crippen LogP contribution in [0.15, 0.2) is 18.2 Å². The third-order valence-corrected chi connectivity index (χ3v) is 2.93. The van der Waals surface area contributed by atoms with E-state index in [1.54, 1.807) is 18.2 Å². The van der Waals surface area contributed by atoms with Crippen molar-refractivity contribution in [3.05, 3.63) is 29.3 Å². The fraction of sp³-hybridized carbons (Fsp3) is 0.500. The quantitative estimate of drug-likeness (QED) is 0.654. The summed E-state index contributed by atoms with van der Waals surface area (Å²) in [5, 5.41) is 9.80. The number of rotatable bonds is 4. The Morgan fingerprint density at radius 1 is 1.35 bits per heavy atom. The molecule has 0 aliphatic heterocycles. The number of phenolic OH excluding ortho intramolecular Hbond substituents is 1. The molecule has 0 saturated carbocycles. The maximum atomic E-state index is 11.9. The highest BCUT2D eigenvalue weighted by molar-refractivity contribution is 6.18. The van der Waals surface area contributed by atoms with E-state index in [1.165, 1.54) is 0 Å². The summed E-state index contributed by atoms with van der Waals surface area (Å²) >= 11 is 5.57. The highest BCUT2D eigenvalue weighted by Crippen LogP contribution is 2.31. The highest BCUT2D eigenvalue weighted by Gasteiger charge is 2.19. The van der Waals surface area contributed by atoms with Gasteiger partial charge in [0.2, 0.25) is 0 Å². The second-order valence-corrected chi connectivity index (χ2v) is 5.58. The van der Waals surface area contributed by atoms with E-state index in [1.807, 2.05) is 20.8 Å². The molecule has 0 amide bonds. The van der Waals surface area contributed by atoms with Crippen LogP contribution >= 0.6 is 11.6 Å². The number of carbonyl (C=O) groups excluding carboxylic acids is 1. The van der Waals surface area contributed by atoms with Gasteiger partial charge < -0.3 is 5.11 Å². The minimum Gasteiger partial charge on any atom is -0.508 e. The second-order valence-electron chi connectivity index (χ2n) is 5.20. The van der Waals surface area contributed by atoms with Crippen LogP contribution in [-0.4, -0.2) is 16.8 Å². The molecule has 0 bridgehead atoms. The van der Waals surface area contributed by atoms with Gasteiger partial charge in [-0.05, 0) is 35.6 Å². The first-order valence-corrected chi connectivity index (χ1v) is 6.32. The van der Waals surface area contributed by atoms with E-state index in [0.29, 0.717) is 24.3 Å². The molecule has 0 heterocycles. The Hall–Kier alpha value is -1.02. The lowest BCUT2D eigenvalue weighted by Crippen LogP contribution is -2.12. The molecule has 0 saturated heterocycles. The van der Waals surface area contributed by atoms with E-state index >= 15 is 0 Å². The Morgan fingerprint density at radius 3 is 2.53 bits per heavy atom. The van der Waals surface area contributed by atoms with Gasteiger partial charge in [-0.1, -0.05) is 20.8 Å². The van der Waals surface area contributed by atoms with Crippen LogP contribution in [0.3, 0.4) is 0 Å². The molecule has 0 fully saturated rings. The lowest BCUT2D eigenvalue weighted by atomic mass is 9.85. The van der Waals surface area contributed by atoms with E-state index < -0.39 is 0 Å². The highest BCUT2D eigenvalue weighted by atomic mass is 35.5. The van der Waals surface area contributed by atoms with Crippen molar-refractivity contribution in [3.63, 3.8) is 0 Å². The molecule has 1 aromatic rings. The molecule has 94 valence electrons. The standard InChI is InChI=1S/C14H19ClO2/c1-14(2,3)11-9-10(6-7-13(11)17)12(16)5-4-8-15/h6-7,9,17H,4-5,8H2,1-3H3. The zero-order valence-electron chi connectivity index (χ0n) is 10.6. The van der Waals surface area contributed by atoms with Crippen LogP contribution in [0.4, 0.5) is 0 Å². The van der Waals surface area contributed by atoms with Crippen LogP contribution in [0.25, 0.3) is 0 Å². The average molecular weight is 255 g/mol. The smallest absolute Gasteiger partial charge is 0.162 e. The SMILES string of the molecule is CC(C)(C)c1cc(C(=O)CCCCl)ccc1O. The summed E-state index contributed by atoms with van der Waals surface area (Å²) in [6.07, 6.45) is 1.14. The van der Waals surface area contributed by atoms with Gasteiger partial charge in [-0.15, -0.1) is 11.6 Å². The van der Waals surface area contributed by atoms with Crippen molar-refractivity contribution in [2.45, 2.75) is 39.0 Å². The zero-order chi connectivity index (χ0) is 13.1. The molecule has 17 heavy (non-hydrogen) atoms. The molecule has 0 atom stereocenters. The second kappa shape index (κ2) is 5.54. The summed E-state index contributed by atoms with van der Waals surface area (Å²) in [5.41, 5.74) is 1.28. The number of hydrogen-bond donors (Lipinski definition) is 1. The van der Waals surface area contributed by atoms with Crippen molar-refractivity contribution >= 4 is 17.4 Å². The molecular formula is C14H19ClO2. The Balaban J connectivity index is 3.00. The van der Waals surface area contributed by atoms with Gasteiger partial charge >= 0.3 is 0 Å². The first kappa shape index (κ1) is 14.0. The van der Waals surface area contributed by atoms with Crippen LogP contribution in [0.1, 0.15) is 49.5 Å². The van der Waals surface area contributed by atoms with Gasteiger partial charge in [0.1, 0.15) is 5.75 Å². The monoisotopic (exact) mass is 254 g/mol. The molecule has 1 N–H and O–H groups in total. The van der Waals surface area contributed by atoms with Crippen molar-refractivity contribution in [2.75, 3.05) is 5.88 Å². The molecule has 0 aromatic heterocycles. The Kier molecular flexibility index (Phi) is 4.58. The molecule has 2 nitrogen and oxygen atoms in total. The van der Waals surface area contributed by atoms with Gasteiger partial charge in [-0.2, -0.15) is 0 Å². The van der Waals surface area contributed by atoms with Crippen LogP contribution < -0.4 is 0 Å². The van der Waals surface area contributed by atoms with Crippen LogP contribution in [0, 0.1) is 0 Å². The van der Waals surface area contributed by atoms with Crippen molar-refractivity contribution in [3.8, 4) is 5.75 Å². The molecule has 1 rings (SSSR count). The van der Waals surface area contributed by atoms with Crippen LogP contribution in [-0.2, 0) is 5.41 Å². The molecule has 3 heteroatoms. The van der Waals surface area contributed by atoms with Crippen molar-refractivity contribution in [1.82, 2.24) is 0 Å². The molecule has 0 radical (unpaired) electrons. The van der Waals surface area contributed by atoms with E-state index in [4.69, 9.17) is 11.6 Å². The normalized spacial score (nSPS) is 11.5. The Labute approximate surface area is 108 Å². The number of halogens is 1. The number of benzene rings is 1. The minimum absolute atomic E-state index is 0.0798. The number of phenols is 1.